The molecule has 0 aromatic heterocycles. The number of amides is 1. The van der Waals surface area contributed by atoms with E-state index in [1.807, 2.05) is 0 Å². The van der Waals surface area contributed by atoms with E-state index < -0.39 is 18.0 Å². The first-order valence-electron chi connectivity index (χ1n) is 3.33. The molecule has 0 spiro atoms. The fourth-order valence-electron chi connectivity index (χ4n) is 0.582. The van der Waals surface area contributed by atoms with Gasteiger partial charge in [-0.15, -0.1) is 0 Å². The van der Waals surface area contributed by atoms with Crippen LogP contribution in [0.25, 0.3) is 0 Å². The molecule has 0 aromatic rings. The van der Waals surface area contributed by atoms with Gasteiger partial charge >= 0.3 is 0 Å². The predicted molar refractivity (Wildman–Crippen MR) is 40.4 cm³/mol. The Morgan fingerprint density at radius 2 is 1.91 bits per heavy atom. The molecular weight excluding hydrogens is 146 g/mol. The van der Waals surface area contributed by atoms with E-state index in [4.69, 9.17) is 17.2 Å². The lowest BCUT2D eigenvalue weighted by molar-refractivity contribution is -0.119. The molecular formula is C6H13N3O2. The molecule has 0 aliphatic rings. The minimum absolute atomic E-state index is 0.356. The highest BCUT2D eigenvalue weighted by Crippen LogP contribution is 1.95. The van der Waals surface area contributed by atoms with Gasteiger partial charge in [0.1, 0.15) is 6.29 Å². The summed E-state index contributed by atoms with van der Waals surface area (Å²) in [6.07, 6.45) is 1.37. The molecule has 0 fully saturated rings. The molecule has 0 saturated heterocycles. The van der Waals surface area contributed by atoms with E-state index in [0.717, 1.165) is 0 Å². The highest BCUT2D eigenvalue weighted by molar-refractivity contribution is 5.79. The van der Waals surface area contributed by atoms with Crippen LogP contribution in [0.2, 0.25) is 0 Å². The summed E-state index contributed by atoms with van der Waals surface area (Å²) in [7, 11) is 0. The summed E-state index contributed by atoms with van der Waals surface area (Å²) >= 11 is 0. The topological polar surface area (TPSA) is 112 Å². The molecule has 5 heteroatoms. The Hall–Kier alpha value is -0.940. The lowest BCUT2D eigenvalue weighted by atomic mass is 10.1. The molecule has 0 heterocycles. The quantitative estimate of drug-likeness (QED) is 0.407. The van der Waals surface area contributed by atoms with Gasteiger partial charge in [0.2, 0.25) is 5.91 Å². The third kappa shape index (κ3) is 4.46. The van der Waals surface area contributed by atoms with Crippen LogP contribution in [0.15, 0.2) is 0 Å². The van der Waals surface area contributed by atoms with Crippen LogP contribution in [0.1, 0.15) is 12.8 Å². The van der Waals surface area contributed by atoms with Gasteiger partial charge in [-0.25, -0.2) is 0 Å². The van der Waals surface area contributed by atoms with E-state index >= 15 is 0 Å². The van der Waals surface area contributed by atoms with Crippen LogP contribution in [0.3, 0.4) is 0 Å². The Labute approximate surface area is 64.9 Å². The number of carbonyl (C=O) groups is 2. The summed E-state index contributed by atoms with van der Waals surface area (Å²) in [6, 6.07) is -1.23. The monoisotopic (exact) mass is 159 g/mol. The van der Waals surface area contributed by atoms with Crippen LogP contribution in [-0.2, 0) is 9.59 Å². The summed E-state index contributed by atoms with van der Waals surface area (Å²) in [5.74, 6) is -0.567. The van der Waals surface area contributed by atoms with Crippen molar-refractivity contribution in [1.82, 2.24) is 0 Å². The van der Waals surface area contributed by atoms with E-state index in [1.165, 1.54) is 0 Å². The smallest absolute Gasteiger partial charge is 0.234 e. The predicted octanol–water partition coefficient (Wildman–Crippen LogP) is -1.89. The molecule has 0 radical (unpaired) electrons. The van der Waals surface area contributed by atoms with E-state index in [-0.39, 0.29) is 0 Å². The van der Waals surface area contributed by atoms with Crippen LogP contribution >= 0.6 is 0 Å². The Morgan fingerprint density at radius 3 is 2.27 bits per heavy atom. The lowest BCUT2D eigenvalue weighted by Gasteiger charge is -2.07. The van der Waals surface area contributed by atoms with Gasteiger partial charge in [0, 0.05) is 0 Å². The second-order valence-corrected chi connectivity index (χ2v) is 2.39. The molecule has 2 atom stereocenters. The minimum Gasteiger partial charge on any atom is -0.368 e. The molecule has 64 valence electrons. The third-order valence-electron chi connectivity index (χ3n) is 1.35. The Bertz CT molecular complexity index is 149. The van der Waals surface area contributed by atoms with Crippen LogP contribution in [0.4, 0.5) is 0 Å². The normalized spacial score (nSPS) is 15.5. The third-order valence-corrected chi connectivity index (χ3v) is 1.35. The molecule has 1 amide bonds. The minimum atomic E-state index is -0.694. The van der Waals surface area contributed by atoms with E-state index in [0.29, 0.717) is 19.1 Å². The number of hydrogen-bond acceptors (Lipinski definition) is 4. The van der Waals surface area contributed by atoms with E-state index in [9.17, 15) is 9.59 Å². The molecule has 0 saturated carbocycles. The van der Waals surface area contributed by atoms with Gasteiger partial charge in [0.05, 0.1) is 12.1 Å². The number of primary amides is 1. The van der Waals surface area contributed by atoms with Gasteiger partial charge in [-0.2, -0.15) is 0 Å². The van der Waals surface area contributed by atoms with Crippen molar-refractivity contribution in [3.63, 3.8) is 0 Å². The Morgan fingerprint density at radius 1 is 1.36 bits per heavy atom. The maximum Gasteiger partial charge on any atom is 0.234 e. The van der Waals surface area contributed by atoms with Crippen molar-refractivity contribution in [2.75, 3.05) is 0 Å². The van der Waals surface area contributed by atoms with Gasteiger partial charge in [0.15, 0.2) is 0 Å². The van der Waals surface area contributed by atoms with Crippen molar-refractivity contribution in [1.29, 1.82) is 0 Å². The first-order chi connectivity index (χ1) is 5.07. The van der Waals surface area contributed by atoms with Crippen molar-refractivity contribution in [2.24, 2.45) is 17.2 Å². The largest absolute Gasteiger partial charge is 0.368 e. The molecule has 1 unspecified atom stereocenters. The van der Waals surface area contributed by atoms with E-state index in [1.54, 1.807) is 0 Å². The van der Waals surface area contributed by atoms with Gasteiger partial charge in [-0.05, 0) is 12.8 Å². The zero-order valence-corrected chi connectivity index (χ0v) is 6.19. The zero-order valence-electron chi connectivity index (χ0n) is 6.19. The molecule has 0 bridgehead atoms. The maximum absolute atomic E-state index is 10.4. The zero-order chi connectivity index (χ0) is 8.85. The van der Waals surface area contributed by atoms with Gasteiger partial charge in [-0.1, -0.05) is 0 Å². The Kier molecular flexibility index (Phi) is 4.40. The SMILES string of the molecule is NC(=O)C(N)CC[C@@H](N)C=O. The van der Waals surface area contributed by atoms with Crippen LogP contribution < -0.4 is 17.2 Å². The fraction of sp³-hybridized carbons (Fsp3) is 0.667. The highest BCUT2D eigenvalue weighted by Gasteiger charge is 2.10. The summed E-state index contributed by atoms with van der Waals surface area (Å²) in [4.78, 5) is 20.4. The van der Waals surface area contributed by atoms with Crippen molar-refractivity contribution in [3.8, 4) is 0 Å². The molecule has 11 heavy (non-hydrogen) atoms. The average molecular weight is 159 g/mol. The van der Waals surface area contributed by atoms with Crippen LogP contribution in [0, 0.1) is 0 Å². The van der Waals surface area contributed by atoms with Crippen molar-refractivity contribution in [2.45, 2.75) is 24.9 Å². The summed E-state index contributed by atoms with van der Waals surface area (Å²) < 4.78 is 0. The first kappa shape index (κ1) is 10.1. The number of hydrogen-bond donors (Lipinski definition) is 3. The molecule has 0 aromatic carbocycles. The van der Waals surface area contributed by atoms with Crippen molar-refractivity contribution >= 4 is 12.2 Å². The molecule has 0 aliphatic carbocycles. The number of aldehydes is 1. The molecule has 0 aliphatic heterocycles. The van der Waals surface area contributed by atoms with Gasteiger partial charge < -0.3 is 22.0 Å². The number of nitrogens with two attached hydrogens (primary N) is 3. The summed E-state index contributed by atoms with van der Waals surface area (Å²) in [5.41, 5.74) is 15.4. The number of carbonyl (C=O) groups excluding carboxylic acids is 2. The second kappa shape index (κ2) is 4.81. The Balaban J connectivity index is 3.53. The summed E-state index contributed by atoms with van der Waals surface area (Å²) in [6.45, 7) is 0. The van der Waals surface area contributed by atoms with Crippen molar-refractivity contribution < 1.29 is 9.59 Å². The van der Waals surface area contributed by atoms with Crippen molar-refractivity contribution in [3.05, 3.63) is 0 Å². The number of rotatable bonds is 5. The molecule has 6 N–H and O–H groups in total. The highest BCUT2D eigenvalue weighted by atomic mass is 16.1. The first-order valence-corrected chi connectivity index (χ1v) is 3.33. The second-order valence-electron chi connectivity index (χ2n) is 2.39. The van der Waals surface area contributed by atoms with Gasteiger partial charge in [-0.3, -0.25) is 4.79 Å². The van der Waals surface area contributed by atoms with Gasteiger partial charge in [0.25, 0.3) is 0 Å². The summed E-state index contributed by atoms with van der Waals surface area (Å²) in [5, 5.41) is 0. The average Bonchev–Trinajstić information content (AvgIpc) is 1.99. The fourth-order valence-corrected chi connectivity index (χ4v) is 0.582. The standard InChI is InChI=1S/C6H13N3O2/c7-4(3-10)1-2-5(8)6(9)11/h3-5H,1-2,7-8H2,(H2,9,11)/t4-,5?/m1/s1. The molecule has 5 nitrogen and oxygen atoms in total. The lowest BCUT2D eigenvalue weighted by Crippen LogP contribution is -2.37. The van der Waals surface area contributed by atoms with Crippen LogP contribution in [0.5, 0.6) is 0 Å². The van der Waals surface area contributed by atoms with Crippen LogP contribution in [-0.4, -0.2) is 24.3 Å². The molecule has 0 rings (SSSR count). The van der Waals surface area contributed by atoms with E-state index in [2.05, 4.69) is 0 Å². The maximum atomic E-state index is 10.4.